The van der Waals surface area contributed by atoms with Gasteiger partial charge in [0.15, 0.2) is 17.5 Å². The second-order valence-electron chi connectivity index (χ2n) is 17.9. The molecule has 5 heteroatoms. The molecular weight excluding hydrogens is 791 g/mol. The number of benzene rings is 8. The van der Waals surface area contributed by atoms with Crippen molar-refractivity contribution in [3.05, 3.63) is 217 Å². The molecule has 13 rings (SSSR count). The van der Waals surface area contributed by atoms with E-state index >= 15 is 0 Å². The van der Waals surface area contributed by atoms with Gasteiger partial charge in [0, 0.05) is 55.0 Å². The first-order chi connectivity index (χ1) is 32.0. The van der Waals surface area contributed by atoms with Crippen molar-refractivity contribution < 1.29 is 0 Å². The van der Waals surface area contributed by atoms with Gasteiger partial charge in [0.25, 0.3) is 0 Å². The zero-order valence-corrected chi connectivity index (χ0v) is 36.2. The van der Waals surface area contributed by atoms with E-state index < -0.39 is 0 Å². The van der Waals surface area contributed by atoms with Gasteiger partial charge in [-0.2, -0.15) is 0 Å². The van der Waals surface area contributed by atoms with E-state index in [1.54, 1.807) is 0 Å². The van der Waals surface area contributed by atoms with E-state index in [2.05, 4.69) is 205 Å². The van der Waals surface area contributed by atoms with Crippen LogP contribution >= 0.6 is 0 Å². The maximum Gasteiger partial charge on any atom is 0.164 e. The fourth-order valence-electron chi connectivity index (χ4n) is 10.6. The minimum Gasteiger partial charge on any atom is -0.309 e. The van der Waals surface area contributed by atoms with Gasteiger partial charge >= 0.3 is 0 Å². The lowest BCUT2D eigenvalue weighted by Crippen LogP contribution is -2.14. The van der Waals surface area contributed by atoms with Gasteiger partial charge in [0.05, 0.1) is 22.1 Å². The molecular formula is C60H43N5. The average Bonchev–Trinajstić information content (AvgIpc) is 3.95. The average molecular weight is 834 g/mol. The van der Waals surface area contributed by atoms with Gasteiger partial charge in [-0.3, -0.25) is 0 Å². The first-order valence-electron chi connectivity index (χ1n) is 22.6. The molecule has 0 fully saturated rings. The molecule has 3 aromatic heterocycles. The van der Waals surface area contributed by atoms with Crippen LogP contribution in [0.4, 0.5) is 0 Å². The van der Waals surface area contributed by atoms with Gasteiger partial charge in [0.2, 0.25) is 0 Å². The maximum atomic E-state index is 5.16. The Morgan fingerprint density at radius 3 is 1.77 bits per heavy atom. The third kappa shape index (κ3) is 5.89. The maximum absolute atomic E-state index is 5.16. The van der Waals surface area contributed by atoms with Crippen LogP contribution in [0.25, 0.3) is 106 Å². The quantitative estimate of drug-likeness (QED) is 0.168. The van der Waals surface area contributed by atoms with Crippen LogP contribution in [0.15, 0.2) is 200 Å². The first kappa shape index (κ1) is 37.4. The summed E-state index contributed by atoms with van der Waals surface area (Å²) in [6, 6.07) is 66.2. The van der Waals surface area contributed by atoms with Gasteiger partial charge in [-0.25, -0.2) is 15.0 Å². The van der Waals surface area contributed by atoms with Crippen molar-refractivity contribution in [2.75, 3.05) is 0 Å². The summed E-state index contributed by atoms with van der Waals surface area (Å²) in [6.07, 6.45) is 8.57. The summed E-state index contributed by atoms with van der Waals surface area (Å²) in [4.78, 5) is 15.3. The Hall–Kier alpha value is -8.15. The van der Waals surface area contributed by atoms with Crippen LogP contribution in [0.3, 0.4) is 0 Å². The number of aromatic nitrogens is 5. The molecule has 11 aromatic rings. The summed E-state index contributed by atoms with van der Waals surface area (Å²) in [7, 11) is 0. The number of rotatable bonds is 6. The molecule has 0 radical (unpaired) electrons. The predicted molar refractivity (Wildman–Crippen MR) is 269 cm³/mol. The summed E-state index contributed by atoms with van der Waals surface area (Å²) in [6.45, 7) is 4.72. The molecule has 0 unspecified atom stereocenters. The highest BCUT2D eigenvalue weighted by atomic mass is 15.0. The van der Waals surface area contributed by atoms with E-state index in [0.717, 1.165) is 52.0 Å². The van der Waals surface area contributed by atoms with Crippen LogP contribution < -0.4 is 0 Å². The van der Waals surface area contributed by atoms with Gasteiger partial charge < -0.3 is 9.13 Å². The Morgan fingerprint density at radius 1 is 0.400 bits per heavy atom. The molecule has 2 aliphatic rings. The largest absolute Gasteiger partial charge is 0.309 e. The van der Waals surface area contributed by atoms with Gasteiger partial charge in [-0.1, -0.05) is 159 Å². The molecule has 0 bridgehead atoms. The Balaban J connectivity index is 1.04. The zero-order chi connectivity index (χ0) is 43.2. The summed E-state index contributed by atoms with van der Waals surface area (Å²) >= 11 is 0. The molecule has 0 N–H and O–H groups in total. The van der Waals surface area contributed by atoms with Crippen molar-refractivity contribution in [1.29, 1.82) is 0 Å². The normalized spacial score (nSPS) is 14.0. The molecule has 65 heavy (non-hydrogen) atoms. The van der Waals surface area contributed by atoms with E-state index in [4.69, 9.17) is 15.0 Å². The Bertz CT molecular complexity index is 3790. The molecule has 8 aromatic carbocycles. The van der Waals surface area contributed by atoms with Crippen molar-refractivity contribution >= 4 is 49.2 Å². The van der Waals surface area contributed by atoms with Gasteiger partial charge in [-0.15, -0.1) is 0 Å². The molecule has 0 spiro atoms. The standard InChI is InChI=1S/C60H43N5/c1-60(2)51-27-14-12-25-45(51)49-36-50-48-32-30-41(40-29-31-47-46-26-13-15-28-53(46)64(54(47)34-40)43-22-10-5-11-23-43)35-55(48)65(56(50)37-52(49)60)44-24-16-21-42(33-44)59-62-57(38-17-6-3-7-18-38)61-58(63-59)39-19-8-4-9-20-39/h3,5-8,10-37H,4,9H2,1-2H3. The summed E-state index contributed by atoms with van der Waals surface area (Å²) in [5, 5.41) is 4.93. The number of fused-ring (bicyclic) bond motifs is 9. The van der Waals surface area contributed by atoms with E-state index in [9.17, 15) is 0 Å². The monoisotopic (exact) mass is 833 g/mol. The lowest BCUT2D eigenvalue weighted by atomic mass is 9.82. The highest BCUT2D eigenvalue weighted by Crippen LogP contribution is 2.51. The van der Waals surface area contributed by atoms with E-state index in [-0.39, 0.29) is 5.41 Å². The Kier molecular flexibility index (Phi) is 8.31. The summed E-state index contributed by atoms with van der Waals surface area (Å²) < 4.78 is 4.86. The fraction of sp³-hybridized carbons (Fsp3) is 0.0833. The molecule has 2 aliphatic carbocycles. The highest BCUT2D eigenvalue weighted by molar-refractivity contribution is 6.13. The van der Waals surface area contributed by atoms with Crippen LogP contribution in [0.2, 0.25) is 0 Å². The third-order valence-corrected chi connectivity index (χ3v) is 13.8. The smallest absolute Gasteiger partial charge is 0.164 e. The molecule has 0 atom stereocenters. The molecule has 0 saturated carbocycles. The number of hydrogen-bond donors (Lipinski definition) is 0. The van der Waals surface area contributed by atoms with Crippen LogP contribution in [-0.2, 0) is 5.41 Å². The van der Waals surface area contributed by atoms with Crippen LogP contribution in [-0.4, -0.2) is 24.1 Å². The van der Waals surface area contributed by atoms with Crippen LogP contribution in [0.5, 0.6) is 0 Å². The van der Waals surface area contributed by atoms with Gasteiger partial charge in [0.1, 0.15) is 0 Å². The van der Waals surface area contributed by atoms with Gasteiger partial charge in [-0.05, 0) is 101 Å². The van der Waals surface area contributed by atoms with Crippen molar-refractivity contribution in [2.45, 2.75) is 32.1 Å². The van der Waals surface area contributed by atoms with Crippen molar-refractivity contribution in [3.8, 4) is 56.4 Å². The highest BCUT2D eigenvalue weighted by Gasteiger charge is 2.36. The minimum absolute atomic E-state index is 0.154. The molecule has 0 aliphatic heterocycles. The fourth-order valence-corrected chi connectivity index (χ4v) is 10.6. The van der Waals surface area contributed by atoms with Crippen LogP contribution in [0, 0.1) is 0 Å². The lowest BCUT2D eigenvalue weighted by molar-refractivity contribution is 0.661. The minimum atomic E-state index is -0.154. The second-order valence-corrected chi connectivity index (χ2v) is 17.9. The van der Waals surface area contributed by atoms with Crippen molar-refractivity contribution in [2.24, 2.45) is 0 Å². The molecule has 308 valence electrons. The molecule has 0 amide bonds. The van der Waals surface area contributed by atoms with E-state index in [1.165, 1.54) is 65.9 Å². The van der Waals surface area contributed by atoms with E-state index in [0.29, 0.717) is 17.5 Å². The van der Waals surface area contributed by atoms with E-state index in [1.807, 2.05) is 18.2 Å². The second kappa shape index (κ2) is 14.4. The Morgan fingerprint density at radius 2 is 1.00 bits per heavy atom. The molecule has 5 nitrogen and oxygen atoms in total. The van der Waals surface area contributed by atoms with Crippen molar-refractivity contribution in [1.82, 2.24) is 24.1 Å². The van der Waals surface area contributed by atoms with Crippen molar-refractivity contribution in [3.63, 3.8) is 0 Å². The predicted octanol–water partition coefficient (Wildman–Crippen LogP) is 15.1. The number of hydrogen-bond acceptors (Lipinski definition) is 3. The number of nitrogens with zero attached hydrogens (tertiary/aromatic N) is 5. The Labute approximate surface area is 377 Å². The third-order valence-electron chi connectivity index (χ3n) is 13.8. The van der Waals surface area contributed by atoms with Crippen LogP contribution in [0.1, 0.15) is 43.6 Å². The number of para-hydroxylation sites is 2. The lowest BCUT2D eigenvalue weighted by Gasteiger charge is -2.21. The zero-order valence-electron chi connectivity index (χ0n) is 36.2. The summed E-state index contributed by atoms with van der Waals surface area (Å²) in [5.74, 6) is 2.01. The molecule has 3 heterocycles. The first-order valence-corrected chi connectivity index (χ1v) is 22.6. The molecule has 0 saturated heterocycles. The number of allylic oxidation sites excluding steroid dienone is 4. The topological polar surface area (TPSA) is 48.5 Å². The summed E-state index contributed by atoms with van der Waals surface area (Å²) in [5.41, 5.74) is 17.3. The SMILES string of the molecule is CC1(C)c2ccccc2-c2cc3c4ccc(-c5ccc6c7ccccc7n(-c7ccccc7)c6c5)cc4n(-c4cccc(-c5nc(C6=CCCC=C6)nc(-c6ccccc6)n5)c4)c3cc21.